The van der Waals surface area contributed by atoms with Gasteiger partial charge in [-0.05, 0) is 86.8 Å². The van der Waals surface area contributed by atoms with Crippen LogP contribution in [0.5, 0.6) is 0 Å². The molecule has 4 heteroatoms. The maximum Gasteiger partial charge on any atom is 0.120 e. The summed E-state index contributed by atoms with van der Waals surface area (Å²) in [4.78, 5) is 31.2. The predicted octanol–water partition coefficient (Wildman–Crippen LogP) is 7.96. The van der Waals surface area contributed by atoms with Crippen molar-refractivity contribution >= 4 is 35.4 Å². The van der Waals surface area contributed by atoms with Gasteiger partial charge in [-0.1, -0.05) is 51.0 Å². The Hall–Kier alpha value is -2.88. The number of rotatable bonds is 17. The van der Waals surface area contributed by atoms with Crippen LogP contribution >= 0.6 is 0 Å². The van der Waals surface area contributed by atoms with E-state index >= 15 is 0 Å². The second-order valence-corrected chi connectivity index (χ2v) is 8.77. The normalized spacial score (nSPS) is 12.1. The summed E-state index contributed by atoms with van der Waals surface area (Å²) in [5.74, 6) is 0. The average Bonchev–Trinajstić information content (AvgIpc) is 2.86. The van der Waals surface area contributed by atoms with Gasteiger partial charge in [0.1, 0.15) is 12.6 Å². The molecular weight excluding hydrogens is 420 g/mol. The van der Waals surface area contributed by atoms with Crippen molar-refractivity contribution in [2.45, 2.75) is 90.9 Å². The largest absolute Gasteiger partial charge is 0.303 e. The van der Waals surface area contributed by atoms with Crippen molar-refractivity contribution in [2.75, 3.05) is 0 Å². The van der Waals surface area contributed by atoms with E-state index in [9.17, 15) is 9.59 Å². The highest BCUT2D eigenvalue weighted by molar-refractivity contribution is 6.43. The Balaban J connectivity index is 2.26. The third-order valence-corrected chi connectivity index (χ3v) is 5.84. The number of nitrogens with zero attached hydrogens (tertiary/aromatic N) is 2. The van der Waals surface area contributed by atoms with Crippen LogP contribution in [0, 0.1) is 0 Å². The maximum atomic E-state index is 10.6. The zero-order chi connectivity index (χ0) is 24.4. The lowest BCUT2D eigenvalue weighted by Gasteiger charge is -2.11. The van der Waals surface area contributed by atoms with Crippen molar-refractivity contribution in [3.63, 3.8) is 0 Å². The number of hydrogen-bond acceptors (Lipinski definition) is 4. The van der Waals surface area contributed by atoms with Crippen LogP contribution in [0.15, 0.2) is 58.5 Å². The van der Waals surface area contributed by atoms with Gasteiger partial charge in [0.15, 0.2) is 0 Å². The van der Waals surface area contributed by atoms with Crippen molar-refractivity contribution in [3.8, 4) is 0 Å². The number of aryl methyl sites for hydroxylation is 2. The summed E-state index contributed by atoms with van der Waals surface area (Å²) in [7, 11) is 0. The monoisotopic (exact) mass is 460 g/mol. The van der Waals surface area contributed by atoms with Gasteiger partial charge in [0.2, 0.25) is 0 Å². The molecule has 4 nitrogen and oxygen atoms in total. The Bertz CT molecular complexity index is 834. The van der Waals surface area contributed by atoms with Crippen LogP contribution in [-0.4, -0.2) is 24.0 Å². The van der Waals surface area contributed by atoms with Gasteiger partial charge >= 0.3 is 0 Å². The van der Waals surface area contributed by atoms with E-state index in [0.717, 1.165) is 99.6 Å². The van der Waals surface area contributed by atoms with E-state index in [0.29, 0.717) is 12.8 Å². The first-order valence-corrected chi connectivity index (χ1v) is 12.9. The van der Waals surface area contributed by atoms with E-state index in [1.54, 1.807) is 0 Å². The highest BCUT2D eigenvalue weighted by Gasteiger charge is 2.10. The average molecular weight is 461 g/mol. The second kappa shape index (κ2) is 16.7. The molecule has 0 heterocycles. The molecule has 0 saturated heterocycles. The quantitative estimate of drug-likeness (QED) is 0.137. The zero-order valence-electron chi connectivity index (χ0n) is 21.0. The molecule has 182 valence electrons. The van der Waals surface area contributed by atoms with Crippen LogP contribution in [0.25, 0.3) is 0 Å². The second-order valence-electron chi connectivity index (χ2n) is 8.77. The summed E-state index contributed by atoms with van der Waals surface area (Å²) in [6, 6.07) is 16.8. The van der Waals surface area contributed by atoms with Crippen LogP contribution in [0.3, 0.4) is 0 Å². The molecule has 2 rings (SSSR count). The highest BCUT2D eigenvalue weighted by atomic mass is 16.1. The molecule has 0 aromatic heterocycles. The van der Waals surface area contributed by atoms with Gasteiger partial charge in [-0.2, -0.15) is 0 Å². The molecule has 0 fully saturated rings. The van der Waals surface area contributed by atoms with Crippen LogP contribution in [0.2, 0.25) is 0 Å². The lowest BCUT2D eigenvalue weighted by atomic mass is 10.0. The Morgan fingerprint density at radius 3 is 1.32 bits per heavy atom. The standard InChI is InChI=1S/C30H40N2O2/c1-3-5-13-29(31-27-19-15-25(16-20-27)11-7-9-23-33)30(14-6-4-2)32-28-21-17-26(18-22-28)12-8-10-24-34/h15-24H,3-14H2,1-2H3. The van der Waals surface area contributed by atoms with E-state index in [1.807, 2.05) is 0 Å². The predicted molar refractivity (Wildman–Crippen MR) is 144 cm³/mol. The third-order valence-electron chi connectivity index (χ3n) is 5.84. The van der Waals surface area contributed by atoms with Gasteiger partial charge in [-0.3, -0.25) is 9.98 Å². The van der Waals surface area contributed by atoms with Crippen molar-refractivity contribution < 1.29 is 9.59 Å². The van der Waals surface area contributed by atoms with Crippen LogP contribution in [0.4, 0.5) is 11.4 Å². The molecule has 0 unspecified atom stereocenters. The number of aliphatic imine (C=N–C) groups is 2. The van der Waals surface area contributed by atoms with E-state index in [2.05, 4.69) is 62.4 Å². The van der Waals surface area contributed by atoms with E-state index in [1.165, 1.54) is 11.1 Å². The minimum Gasteiger partial charge on any atom is -0.303 e. The summed E-state index contributed by atoms with van der Waals surface area (Å²) in [6.07, 6.45) is 13.0. The lowest BCUT2D eigenvalue weighted by Crippen LogP contribution is -2.14. The molecule has 0 aliphatic carbocycles. The number of carbonyl (C=O) groups excluding carboxylic acids is 2. The Kier molecular flexibility index (Phi) is 13.4. The summed E-state index contributed by atoms with van der Waals surface area (Å²) >= 11 is 0. The maximum absolute atomic E-state index is 10.6. The topological polar surface area (TPSA) is 58.9 Å². The molecule has 0 aliphatic heterocycles. The fourth-order valence-electron chi connectivity index (χ4n) is 3.78. The molecule has 2 aromatic carbocycles. The first kappa shape index (κ1) is 27.4. The summed E-state index contributed by atoms with van der Waals surface area (Å²) in [6.45, 7) is 4.41. The summed E-state index contributed by atoms with van der Waals surface area (Å²) < 4.78 is 0. The fourth-order valence-corrected chi connectivity index (χ4v) is 3.78. The smallest absolute Gasteiger partial charge is 0.120 e. The van der Waals surface area contributed by atoms with Gasteiger partial charge in [-0.25, -0.2) is 0 Å². The molecule has 0 aliphatic rings. The van der Waals surface area contributed by atoms with Gasteiger partial charge in [0.25, 0.3) is 0 Å². The SMILES string of the molecule is CCCCC(=Nc1ccc(CCCC=O)cc1)C(CCCC)=Nc1ccc(CCCC=O)cc1. The number of unbranched alkanes of at least 4 members (excludes halogenated alkanes) is 4. The third kappa shape index (κ3) is 10.4. The van der Waals surface area contributed by atoms with Crippen molar-refractivity contribution in [3.05, 3.63) is 59.7 Å². The zero-order valence-corrected chi connectivity index (χ0v) is 21.0. The number of benzene rings is 2. The van der Waals surface area contributed by atoms with E-state index < -0.39 is 0 Å². The van der Waals surface area contributed by atoms with Crippen LogP contribution in [0.1, 0.15) is 89.2 Å². The minimum absolute atomic E-state index is 0.609. The van der Waals surface area contributed by atoms with Crippen molar-refractivity contribution in [1.29, 1.82) is 0 Å². The van der Waals surface area contributed by atoms with Gasteiger partial charge in [0, 0.05) is 12.8 Å². The number of hydrogen-bond donors (Lipinski definition) is 0. The van der Waals surface area contributed by atoms with Gasteiger partial charge in [-0.15, -0.1) is 0 Å². The molecule has 0 amide bonds. The van der Waals surface area contributed by atoms with E-state index in [-0.39, 0.29) is 0 Å². The van der Waals surface area contributed by atoms with Gasteiger partial charge < -0.3 is 9.59 Å². The van der Waals surface area contributed by atoms with Crippen molar-refractivity contribution in [1.82, 2.24) is 0 Å². The van der Waals surface area contributed by atoms with Crippen LogP contribution in [-0.2, 0) is 22.4 Å². The lowest BCUT2D eigenvalue weighted by molar-refractivity contribution is -0.108. The fraction of sp³-hybridized carbons (Fsp3) is 0.467. The molecule has 0 N–H and O–H groups in total. The Morgan fingerprint density at radius 2 is 1.00 bits per heavy atom. The molecule has 0 atom stereocenters. The van der Waals surface area contributed by atoms with E-state index in [4.69, 9.17) is 9.98 Å². The number of carbonyl (C=O) groups is 2. The minimum atomic E-state index is 0.609. The molecular formula is C30H40N2O2. The van der Waals surface area contributed by atoms with Crippen molar-refractivity contribution in [2.24, 2.45) is 9.98 Å². The molecule has 0 saturated carbocycles. The number of aldehydes is 2. The molecule has 0 spiro atoms. The van der Waals surface area contributed by atoms with Crippen LogP contribution < -0.4 is 0 Å². The molecule has 2 aromatic rings. The summed E-state index contributed by atoms with van der Waals surface area (Å²) in [5, 5.41) is 0. The molecule has 34 heavy (non-hydrogen) atoms. The first-order chi connectivity index (χ1) is 16.7. The molecule has 0 bridgehead atoms. The Morgan fingerprint density at radius 1 is 0.618 bits per heavy atom. The van der Waals surface area contributed by atoms with Gasteiger partial charge in [0.05, 0.1) is 22.8 Å². The Labute approximate surface area is 205 Å². The highest BCUT2D eigenvalue weighted by Crippen LogP contribution is 2.21. The first-order valence-electron chi connectivity index (χ1n) is 12.9. The molecule has 0 radical (unpaired) electrons. The summed E-state index contributed by atoms with van der Waals surface area (Å²) in [5.41, 5.74) is 6.56.